The highest BCUT2D eigenvalue weighted by molar-refractivity contribution is 6.08. The maximum atomic E-state index is 11.8. The van der Waals surface area contributed by atoms with E-state index >= 15 is 0 Å². The van der Waals surface area contributed by atoms with Gasteiger partial charge in [-0.25, -0.2) is 9.59 Å². The molecular formula is C8H14N4O7. The smallest absolute Gasteiger partial charge is 0.328 e. The number of imide groups is 1. The fraction of sp³-hybridized carbons (Fsp3) is 0.625. The first kappa shape index (κ1) is 15.1. The van der Waals surface area contributed by atoms with Crippen LogP contribution in [-0.4, -0.2) is 80.7 Å². The van der Waals surface area contributed by atoms with Crippen LogP contribution in [0.4, 0.5) is 9.59 Å². The quantitative estimate of drug-likeness (QED) is 0.221. The largest absolute Gasteiger partial charge is 0.391 e. The molecular weight excluding hydrogens is 264 g/mol. The maximum absolute atomic E-state index is 11.8. The SMILES string of the molecule is O=C(NCO)N(CO)[C@@]1(CO)C(=O)NC(=O)N1CO. The van der Waals surface area contributed by atoms with E-state index < -0.39 is 50.4 Å². The van der Waals surface area contributed by atoms with Crippen LogP contribution in [0.1, 0.15) is 0 Å². The van der Waals surface area contributed by atoms with E-state index in [2.05, 4.69) is 0 Å². The number of amides is 5. The Morgan fingerprint density at radius 3 is 2.37 bits per heavy atom. The normalized spacial score (nSPS) is 22.4. The second-order valence-electron chi connectivity index (χ2n) is 3.51. The lowest BCUT2D eigenvalue weighted by Crippen LogP contribution is -2.68. The van der Waals surface area contributed by atoms with Crippen molar-refractivity contribution in [3.05, 3.63) is 0 Å². The molecule has 1 aliphatic heterocycles. The third-order valence-electron chi connectivity index (χ3n) is 2.70. The average molecular weight is 278 g/mol. The summed E-state index contributed by atoms with van der Waals surface area (Å²) >= 11 is 0. The van der Waals surface area contributed by atoms with Gasteiger partial charge >= 0.3 is 12.1 Å². The van der Waals surface area contributed by atoms with Gasteiger partial charge in [-0.1, -0.05) is 0 Å². The molecule has 0 radical (unpaired) electrons. The van der Waals surface area contributed by atoms with Gasteiger partial charge in [0.25, 0.3) is 5.91 Å². The van der Waals surface area contributed by atoms with Crippen LogP contribution in [0.25, 0.3) is 0 Å². The summed E-state index contributed by atoms with van der Waals surface area (Å²) in [6.07, 6.45) is 0. The first-order chi connectivity index (χ1) is 8.99. The molecule has 1 heterocycles. The van der Waals surface area contributed by atoms with Crippen LogP contribution in [0.15, 0.2) is 0 Å². The van der Waals surface area contributed by atoms with Gasteiger partial charge in [-0.05, 0) is 0 Å². The minimum atomic E-state index is -2.28. The summed E-state index contributed by atoms with van der Waals surface area (Å²) in [5.74, 6) is -1.09. The van der Waals surface area contributed by atoms with Crippen LogP contribution in [0.5, 0.6) is 0 Å². The number of hydrogen-bond donors (Lipinski definition) is 6. The number of hydrogen-bond acceptors (Lipinski definition) is 7. The summed E-state index contributed by atoms with van der Waals surface area (Å²) in [4.78, 5) is 35.7. The van der Waals surface area contributed by atoms with Gasteiger partial charge in [0.1, 0.15) is 20.2 Å². The maximum Gasteiger partial charge on any atom is 0.328 e. The molecule has 0 spiro atoms. The highest BCUT2D eigenvalue weighted by atomic mass is 16.3. The topological polar surface area (TPSA) is 163 Å². The molecule has 11 heteroatoms. The third kappa shape index (κ3) is 2.19. The molecule has 11 nitrogen and oxygen atoms in total. The predicted octanol–water partition coefficient (Wildman–Crippen LogP) is -3.91. The van der Waals surface area contributed by atoms with Crippen molar-refractivity contribution < 1.29 is 34.8 Å². The highest BCUT2D eigenvalue weighted by Gasteiger charge is 2.58. The van der Waals surface area contributed by atoms with Gasteiger partial charge in [0.15, 0.2) is 0 Å². The van der Waals surface area contributed by atoms with Crippen LogP contribution in [0.2, 0.25) is 0 Å². The van der Waals surface area contributed by atoms with E-state index in [1.54, 1.807) is 5.32 Å². The number of rotatable bonds is 5. The molecule has 1 aliphatic rings. The molecule has 0 aromatic carbocycles. The van der Waals surface area contributed by atoms with E-state index in [1.165, 1.54) is 0 Å². The van der Waals surface area contributed by atoms with Gasteiger partial charge in [0.05, 0.1) is 6.61 Å². The summed E-state index contributed by atoms with van der Waals surface area (Å²) in [6, 6.07) is -2.14. The van der Waals surface area contributed by atoms with Crippen LogP contribution < -0.4 is 10.6 Å². The standard InChI is InChI=1S/C8H14N4O7/c13-1-8(11(3-15)6(18)9-2-14)5(17)10-7(19)12(8)4-16/h13-16H,1-4H2,(H,9,18)(H,10,17,19)/t8-/m1/s1. The molecule has 0 aromatic rings. The zero-order valence-corrected chi connectivity index (χ0v) is 9.74. The lowest BCUT2D eigenvalue weighted by atomic mass is 10.1. The van der Waals surface area contributed by atoms with Crippen molar-refractivity contribution >= 4 is 18.0 Å². The second kappa shape index (κ2) is 5.79. The summed E-state index contributed by atoms with van der Waals surface area (Å²) < 4.78 is 0. The molecule has 6 N–H and O–H groups in total. The molecule has 1 saturated heterocycles. The van der Waals surface area contributed by atoms with Crippen molar-refractivity contribution in [1.82, 2.24) is 20.4 Å². The molecule has 0 saturated carbocycles. The van der Waals surface area contributed by atoms with Crippen LogP contribution in [-0.2, 0) is 4.79 Å². The molecule has 0 bridgehead atoms. The fourth-order valence-electron chi connectivity index (χ4n) is 1.76. The summed E-state index contributed by atoms with van der Waals surface area (Å²) in [5, 5.41) is 39.9. The summed E-state index contributed by atoms with van der Waals surface area (Å²) in [5.41, 5.74) is -2.28. The lowest BCUT2D eigenvalue weighted by Gasteiger charge is -2.40. The minimum absolute atomic E-state index is 0.402. The Morgan fingerprint density at radius 1 is 1.32 bits per heavy atom. The van der Waals surface area contributed by atoms with Crippen molar-refractivity contribution in [2.45, 2.75) is 5.66 Å². The van der Waals surface area contributed by atoms with Crippen molar-refractivity contribution in [3.8, 4) is 0 Å². The van der Waals surface area contributed by atoms with Crippen molar-refractivity contribution in [2.24, 2.45) is 0 Å². The Kier molecular flexibility index (Phi) is 4.61. The van der Waals surface area contributed by atoms with Crippen LogP contribution in [0.3, 0.4) is 0 Å². The van der Waals surface area contributed by atoms with Crippen molar-refractivity contribution in [1.29, 1.82) is 0 Å². The van der Waals surface area contributed by atoms with Gasteiger partial charge in [-0.3, -0.25) is 19.9 Å². The predicted molar refractivity (Wildman–Crippen MR) is 56.8 cm³/mol. The number of aliphatic hydroxyl groups excluding tert-OH is 4. The number of carbonyl (C=O) groups is 3. The van der Waals surface area contributed by atoms with Crippen LogP contribution >= 0.6 is 0 Å². The first-order valence-corrected chi connectivity index (χ1v) is 5.11. The summed E-state index contributed by atoms with van der Waals surface area (Å²) in [7, 11) is 0. The Labute approximate surface area is 107 Å². The molecule has 1 atom stereocenters. The molecule has 19 heavy (non-hydrogen) atoms. The van der Waals surface area contributed by atoms with E-state index in [0.29, 0.717) is 9.80 Å². The van der Waals surface area contributed by atoms with Crippen LogP contribution in [0, 0.1) is 0 Å². The number of carbonyl (C=O) groups excluding carboxylic acids is 3. The van der Waals surface area contributed by atoms with Crippen molar-refractivity contribution in [3.63, 3.8) is 0 Å². The average Bonchev–Trinajstić information content (AvgIpc) is 2.62. The Morgan fingerprint density at radius 2 is 1.95 bits per heavy atom. The second-order valence-corrected chi connectivity index (χ2v) is 3.51. The Balaban J connectivity index is 3.22. The molecule has 0 aliphatic carbocycles. The molecule has 1 fully saturated rings. The van der Waals surface area contributed by atoms with Crippen molar-refractivity contribution in [2.75, 3.05) is 26.8 Å². The third-order valence-corrected chi connectivity index (χ3v) is 2.70. The van der Waals surface area contributed by atoms with E-state index in [1.807, 2.05) is 5.32 Å². The highest BCUT2D eigenvalue weighted by Crippen LogP contribution is 2.25. The van der Waals surface area contributed by atoms with Gasteiger partial charge in [-0.2, -0.15) is 0 Å². The Bertz CT molecular complexity index is 389. The summed E-state index contributed by atoms with van der Waals surface area (Å²) in [6.45, 7) is -3.85. The van der Waals surface area contributed by atoms with Gasteiger partial charge in [0, 0.05) is 0 Å². The molecule has 0 aromatic heterocycles. The molecule has 108 valence electrons. The minimum Gasteiger partial charge on any atom is -0.391 e. The fourth-order valence-corrected chi connectivity index (χ4v) is 1.76. The molecule has 1 rings (SSSR count). The Hall–Kier alpha value is -1.95. The van der Waals surface area contributed by atoms with Gasteiger partial charge in [-0.15, -0.1) is 0 Å². The monoisotopic (exact) mass is 278 g/mol. The molecule has 5 amide bonds. The van der Waals surface area contributed by atoms with E-state index in [4.69, 9.17) is 15.3 Å². The number of urea groups is 2. The number of aliphatic hydroxyl groups is 4. The van der Waals surface area contributed by atoms with E-state index in [0.717, 1.165) is 0 Å². The van der Waals surface area contributed by atoms with E-state index in [9.17, 15) is 19.5 Å². The van der Waals surface area contributed by atoms with Gasteiger partial charge < -0.3 is 25.7 Å². The number of nitrogens with zero attached hydrogens (tertiary/aromatic N) is 2. The zero-order chi connectivity index (χ0) is 14.6. The van der Waals surface area contributed by atoms with Gasteiger partial charge in [0.2, 0.25) is 5.66 Å². The zero-order valence-electron chi connectivity index (χ0n) is 9.74. The van der Waals surface area contributed by atoms with E-state index in [-0.39, 0.29) is 0 Å². The first-order valence-electron chi connectivity index (χ1n) is 5.11. The number of nitrogens with one attached hydrogen (secondary N) is 2. The lowest BCUT2D eigenvalue weighted by molar-refractivity contribution is -0.147. The molecule has 0 unspecified atom stereocenters.